The number of carbonyl (C=O) groups is 1. The highest BCUT2D eigenvalue weighted by atomic mass is 32.1. The van der Waals surface area contributed by atoms with Crippen molar-refractivity contribution in [2.24, 2.45) is 5.92 Å². The Morgan fingerprint density at radius 1 is 1.50 bits per heavy atom. The van der Waals surface area contributed by atoms with E-state index in [1.165, 1.54) is 23.8 Å². The smallest absolute Gasteiger partial charge is 0.263 e. The van der Waals surface area contributed by atoms with Gasteiger partial charge in [0.05, 0.1) is 11.1 Å². The molecule has 1 unspecified atom stereocenters. The summed E-state index contributed by atoms with van der Waals surface area (Å²) in [5.41, 5.74) is 6.20. The molecule has 1 saturated carbocycles. The minimum Gasteiger partial charge on any atom is -0.397 e. The average molecular weight is 292 g/mol. The molecule has 0 spiro atoms. The number of amides is 1. The van der Waals surface area contributed by atoms with Crippen molar-refractivity contribution < 1.29 is 9.18 Å². The lowest BCUT2D eigenvalue weighted by Gasteiger charge is -2.31. The van der Waals surface area contributed by atoms with Crippen LogP contribution >= 0.6 is 11.3 Å². The Balaban J connectivity index is 1.87. The molecular weight excluding hydrogens is 275 g/mol. The van der Waals surface area contributed by atoms with E-state index in [1.54, 1.807) is 12.1 Å². The van der Waals surface area contributed by atoms with Crippen LogP contribution in [0.25, 0.3) is 10.1 Å². The Bertz CT molecular complexity index is 663. The zero-order chi connectivity index (χ0) is 14.3. The van der Waals surface area contributed by atoms with Crippen LogP contribution < -0.4 is 11.1 Å². The number of fused-ring (bicyclic) bond motifs is 1. The molecule has 1 heterocycles. The highest BCUT2D eigenvalue weighted by Crippen LogP contribution is 2.36. The van der Waals surface area contributed by atoms with E-state index in [9.17, 15) is 9.18 Å². The first kappa shape index (κ1) is 13.4. The van der Waals surface area contributed by atoms with E-state index >= 15 is 0 Å². The second-order valence-electron chi connectivity index (χ2n) is 5.41. The van der Waals surface area contributed by atoms with E-state index in [2.05, 4.69) is 5.32 Å². The predicted molar refractivity (Wildman–Crippen MR) is 80.5 cm³/mol. The first-order valence-corrected chi connectivity index (χ1v) is 7.67. The number of nitrogen functional groups attached to an aromatic ring is 1. The maximum Gasteiger partial charge on any atom is 0.263 e. The SMILES string of the molecule is CC(NC(=O)c1sc2cccc(F)c2c1N)C1CCC1. The Hall–Kier alpha value is -1.62. The maximum absolute atomic E-state index is 13.8. The van der Waals surface area contributed by atoms with Gasteiger partial charge in [-0.05, 0) is 37.8 Å². The maximum atomic E-state index is 13.8. The summed E-state index contributed by atoms with van der Waals surface area (Å²) in [5.74, 6) is -0.00358. The van der Waals surface area contributed by atoms with Gasteiger partial charge >= 0.3 is 0 Å². The van der Waals surface area contributed by atoms with E-state index < -0.39 is 0 Å². The van der Waals surface area contributed by atoms with Gasteiger partial charge in [0.1, 0.15) is 10.7 Å². The van der Waals surface area contributed by atoms with E-state index in [4.69, 9.17) is 5.73 Å². The van der Waals surface area contributed by atoms with Crippen LogP contribution in [-0.2, 0) is 0 Å². The summed E-state index contributed by atoms with van der Waals surface area (Å²) >= 11 is 1.25. The van der Waals surface area contributed by atoms with Crippen LogP contribution in [0.5, 0.6) is 0 Å². The number of anilines is 1. The van der Waals surface area contributed by atoms with Gasteiger partial charge in [0, 0.05) is 10.7 Å². The molecule has 1 atom stereocenters. The Labute approximate surface area is 121 Å². The fourth-order valence-corrected chi connectivity index (χ4v) is 3.67. The first-order chi connectivity index (χ1) is 9.58. The highest BCUT2D eigenvalue weighted by Gasteiger charge is 2.27. The van der Waals surface area contributed by atoms with Crippen molar-refractivity contribution in [3.8, 4) is 0 Å². The first-order valence-electron chi connectivity index (χ1n) is 6.85. The fourth-order valence-electron chi connectivity index (χ4n) is 2.63. The zero-order valence-electron chi connectivity index (χ0n) is 11.3. The lowest BCUT2D eigenvalue weighted by Crippen LogP contribution is -2.40. The van der Waals surface area contributed by atoms with Gasteiger partial charge < -0.3 is 11.1 Å². The Kier molecular flexibility index (Phi) is 3.38. The van der Waals surface area contributed by atoms with Crippen molar-refractivity contribution in [2.75, 3.05) is 5.73 Å². The summed E-state index contributed by atoms with van der Waals surface area (Å²) in [7, 11) is 0. The molecule has 1 fully saturated rings. The molecule has 5 heteroatoms. The highest BCUT2D eigenvalue weighted by molar-refractivity contribution is 7.21. The molecule has 0 aliphatic heterocycles. The number of hydrogen-bond acceptors (Lipinski definition) is 3. The van der Waals surface area contributed by atoms with Gasteiger partial charge in [-0.2, -0.15) is 0 Å². The normalized spacial score (nSPS) is 16.9. The van der Waals surface area contributed by atoms with Gasteiger partial charge in [-0.15, -0.1) is 11.3 Å². The van der Waals surface area contributed by atoms with Crippen LogP contribution in [0.3, 0.4) is 0 Å². The molecule has 3 rings (SSSR count). The standard InChI is InChI=1S/C15H17FN2OS/c1-8(9-4-2-5-9)18-15(19)14-13(17)12-10(16)6-3-7-11(12)20-14/h3,6-9H,2,4-5,17H2,1H3,(H,18,19). The molecule has 3 nitrogen and oxygen atoms in total. The fraction of sp³-hybridized carbons (Fsp3) is 0.400. The van der Waals surface area contributed by atoms with Crippen LogP contribution in [0.15, 0.2) is 18.2 Å². The van der Waals surface area contributed by atoms with Gasteiger partial charge in [0.15, 0.2) is 0 Å². The van der Waals surface area contributed by atoms with Crippen molar-refractivity contribution in [3.05, 3.63) is 28.9 Å². The number of nitrogens with one attached hydrogen (secondary N) is 1. The lowest BCUT2D eigenvalue weighted by atomic mass is 9.80. The number of thiophene rings is 1. The van der Waals surface area contributed by atoms with Crippen LogP contribution in [-0.4, -0.2) is 11.9 Å². The Morgan fingerprint density at radius 2 is 2.25 bits per heavy atom. The van der Waals surface area contributed by atoms with Crippen LogP contribution in [0.1, 0.15) is 35.9 Å². The molecule has 0 radical (unpaired) electrons. The molecule has 3 N–H and O–H groups in total. The third-order valence-corrected chi connectivity index (χ3v) is 5.29. The number of benzene rings is 1. The monoisotopic (exact) mass is 292 g/mol. The predicted octanol–water partition coefficient (Wildman–Crippen LogP) is 3.54. The van der Waals surface area contributed by atoms with Gasteiger partial charge in [0.25, 0.3) is 5.91 Å². The number of rotatable bonds is 3. The topological polar surface area (TPSA) is 55.1 Å². The quantitative estimate of drug-likeness (QED) is 0.909. The second kappa shape index (κ2) is 5.05. The van der Waals surface area contributed by atoms with E-state index in [-0.39, 0.29) is 23.5 Å². The summed E-state index contributed by atoms with van der Waals surface area (Å²) in [6, 6.07) is 4.92. The molecule has 1 aromatic heterocycles. The molecule has 106 valence electrons. The molecule has 1 amide bonds. The molecule has 0 saturated heterocycles. The van der Waals surface area contributed by atoms with E-state index in [0.717, 1.165) is 12.8 Å². The molecule has 1 aliphatic rings. The van der Waals surface area contributed by atoms with Crippen molar-refractivity contribution in [3.63, 3.8) is 0 Å². The van der Waals surface area contributed by atoms with Crippen LogP contribution in [0.4, 0.5) is 10.1 Å². The van der Waals surface area contributed by atoms with Gasteiger partial charge in [-0.3, -0.25) is 4.79 Å². The van der Waals surface area contributed by atoms with Crippen molar-refractivity contribution in [1.29, 1.82) is 0 Å². The van der Waals surface area contributed by atoms with Crippen molar-refractivity contribution in [2.45, 2.75) is 32.2 Å². The van der Waals surface area contributed by atoms with Crippen LogP contribution in [0.2, 0.25) is 0 Å². The second-order valence-corrected chi connectivity index (χ2v) is 6.46. The van der Waals surface area contributed by atoms with Gasteiger partial charge in [0.2, 0.25) is 0 Å². The average Bonchev–Trinajstić information content (AvgIpc) is 2.65. The lowest BCUT2D eigenvalue weighted by molar-refractivity contribution is 0.0914. The molecule has 0 bridgehead atoms. The molecule has 1 aromatic carbocycles. The number of hydrogen-bond donors (Lipinski definition) is 2. The van der Waals surface area contributed by atoms with E-state index in [1.807, 2.05) is 6.92 Å². The van der Waals surface area contributed by atoms with Crippen molar-refractivity contribution >= 4 is 33.0 Å². The van der Waals surface area contributed by atoms with Crippen molar-refractivity contribution in [1.82, 2.24) is 5.32 Å². The largest absolute Gasteiger partial charge is 0.397 e. The molecule has 2 aromatic rings. The minimum absolute atomic E-state index is 0.144. The minimum atomic E-state index is -0.373. The van der Waals surface area contributed by atoms with Crippen LogP contribution in [0, 0.1) is 11.7 Å². The zero-order valence-corrected chi connectivity index (χ0v) is 12.1. The molecular formula is C15H17FN2OS. The molecule has 20 heavy (non-hydrogen) atoms. The Morgan fingerprint density at radius 3 is 2.85 bits per heavy atom. The van der Waals surface area contributed by atoms with E-state index in [0.29, 0.717) is 20.9 Å². The third-order valence-electron chi connectivity index (χ3n) is 4.12. The number of nitrogens with two attached hydrogens (primary N) is 1. The summed E-state index contributed by atoms with van der Waals surface area (Å²) in [4.78, 5) is 12.7. The summed E-state index contributed by atoms with van der Waals surface area (Å²) < 4.78 is 14.5. The number of carbonyl (C=O) groups excluding carboxylic acids is 1. The van der Waals surface area contributed by atoms with Gasteiger partial charge in [-0.25, -0.2) is 4.39 Å². The summed E-state index contributed by atoms with van der Waals surface area (Å²) in [6.45, 7) is 2.02. The van der Waals surface area contributed by atoms with Gasteiger partial charge in [-0.1, -0.05) is 12.5 Å². The molecule has 1 aliphatic carbocycles. The summed E-state index contributed by atoms with van der Waals surface area (Å²) in [5, 5.41) is 3.35. The number of halogens is 1. The third kappa shape index (κ3) is 2.16. The summed E-state index contributed by atoms with van der Waals surface area (Å²) in [6.07, 6.45) is 3.57.